The van der Waals surface area contributed by atoms with Crippen LogP contribution in [0.3, 0.4) is 0 Å². The Morgan fingerprint density at radius 1 is 1.50 bits per heavy atom. The Morgan fingerprint density at radius 3 is 2.89 bits per heavy atom. The van der Waals surface area contributed by atoms with Crippen LogP contribution in [0.15, 0.2) is 6.20 Å². The van der Waals surface area contributed by atoms with Gasteiger partial charge in [0.25, 0.3) is 0 Å². The minimum atomic E-state index is 0.0215. The maximum atomic E-state index is 12.7. The molecule has 0 spiro atoms. The zero-order chi connectivity index (χ0) is 13.1. The summed E-state index contributed by atoms with van der Waals surface area (Å²) in [6.07, 6.45) is 2.59. The highest BCUT2D eigenvalue weighted by atomic mass is 35.5. The fraction of sp³-hybridized carbons (Fsp3) is 0.667. The standard InChI is InChI=1S/C12H17ClN2OS2/c1-3-9-12(18-6-5-17-9)11(16)10-8(13)7-14-15(10)4-2/h7,9,12H,3-6H2,1-2H3. The van der Waals surface area contributed by atoms with Gasteiger partial charge in [-0.25, -0.2) is 0 Å². The molecule has 1 aliphatic heterocycles. The minimum Gasteiger partial charge on any atom is -0.291 e. The fourth-order valence-corrected chi connectivity index (χ4v) is 5.36. The molecule has 0 aromatic carbocycles. The maximum absolute atomic E-state index is 12.7. The lowest BCUT2D eigenvalue weighted by molar-refractivity contribution is 0.0978. The Hall–Kier alpha value is -0.130. The summed E-state index contributed by atoms with van der Waals surface area (Å²) in [4.78, 5) is 12.7. The van der Waals surface area contributed by atoms with Gasteiger partial charge in [0.1, 0.15) is 5.69 Å². The molecule has 2 unspecified atom stereocenters. The molecule has 0 aliphatic carbocycles. The van der Waals surface area contributed by atoms with Crippen molar-refractivity contribution in [1.82, 2.24) is 9.78 Å². The molecule has 0 radical (unpaired) electrons. The summed E-state index contributed by atoms with van der Waals surface area (Å²) >= 11 is 9.77. The summed E-state index contributed by atoms with van der Waals surface area (Å²) in [5.41, 5.74) is 0.581. The van der Waals surface area contributed by atoms with Gasteiger partial charge in [0.2, 0.25) is 0 Å². The van der Waals surface area contributed by atoms with E-state index in [1.54, 1.807) is 22.6 Å². The van der Waals surface area contributed by atoms with Crippen LogP contribution < -0.4 is 0 Å². The molecule has 2 atom stereocenters. The van der Waals surface area contributed by atoms with Crippen molar-refractivity contribution in [3.05, 3.63) is 16.9 Å². The molecule has 2 heterocycles. The van der Waals surface area contributed by atoms with Gasteiger partial charge in [-0.15, -0.1) is 11.8 Å². The highest BCUT2D eigenvalue weighted by molar-refractivity contribution is 8.07. The SMILES string of the molecule is CCC1SCCSC1C(=O)c1c(Cl)cnn1CC. The molecule has 18 heavy (non-hydrogen) atoms. The van der Waals surface area contributed by atoms with Crippen molar-refractivity contribution >= 4 is 40.9 Å². The van der Waals surface area contributed by atoms with Crippen molar-refractivity contribution in [2.45, 2.75) is 37.3 Å². The zero-order valence-electron chi connectivity index (χ0n) is 10.6. The number of aryl methyl sites for hydroxylation is 1. The summed E-state index contributed by atoms with van der Waals surface area (Å²) < 4.78 is 1.71. The first-order valence-corrected chi connectivity index (χ1v) is 8.65. The summed E-state index contributed by atoms with van der Waals surface area (Å²) in [5, 5.41) is 5.05. The summed E-state index contributed by atoms with van der Waals surface area (Å²) in [6.45, 7) is 4.79. The van der Waals surface area contributed by atoms with E-state index in [9.17, 15) is 4.79 Å². The van der Waals surface area contributed by atoms with Gasteiger partial charge >= 0.3 is 0 Å². The molecule has 0 bridgehead atoms. The number of hydrogen-bond acceptors (Lipinski definition) is 4. The molecule has 0 saturated carbocycles. The van der Waals surface area contributed by atoms with E-state index < -0.39 is 0 Å². The molecule has 2 rings (SSSR count). The smallest absolute Gasteiger partial charge is 0.196 e. The lowest BCUT2D eigenvalue weighted by Crippen LogP contribution is -2.34. The van der Waals surface area contributed by atoms with Crippen molar-refractivity contribution < 1.29 is 4.79 Å². The van der Waals surface area contributed by atoms with E-state index in [0.717, 1.165) is 17.9 Å². The second-order valence-corrected chi connectivity index (χ2v) is 7.13. The second-order valence-electron chi connectivity index (χ2n) is 4.13. The Balaban J connectivity index is 2.26. The van der Waals surface area contributed by atoms with Gasteiger partial charge in [0.05, 0.1) is 16.5 Å². The average molecular weight is 305 g/mol. The number of nitrogens with zero attached hydrogens (tertiary/aromatic N) is 2. The molecular formula is C12H17ClN2OS2. The van der Waals surface area contributed by atoms with Crippen LogP contribution in [0, 0.1) is 0 Å². The number of thioether (sulfide) groups is 2. The van der Waals surface area contributed by atoms with Crippen LogP contribution >= 0.6 is 35.1 Å². The summed E-state index contributed by atoms with van der Waals surface area (Å²) in [7, 11) is 0. The number of rotatable bonds is 4. The van der Waals surface area contributed by atoms with Gasteiger partial charge in [-0.05, 0) is 13.3 Å². The van der Waals surface area contributed by atoms with E-state index in [0.29, 0.717) is 22.5 Å². The first kappa shape index (κ1) is 14.3. The predicted octanol–water partition coefficient (Wildman–Crippen LogP) is 3.37. The molecular weight excluding hydrogens is 288 g/mol. The molecule has 1 saturated heterocycles. The monoisotopic (exact) mass is 304 g/mol. The topological polar surface area (TPSA) is 34.9 Å². The number of ketones is 1. The van der Waals surface area contributed by atoms with Crippen LogP contribution in [0.5, 0.6) is 0 Å². The van der Waals surface area contributed by atoms with Crippen molar-refractivity contribution in [3.63, 3.8) is 0 Å². The third-order valence-corrected chi connectivity index (χ3v) is 6.56. The highest BCUT2D eigenvalue weighted by Crippen LogP contribution is 2.36. The molecule has 6 heteroatoms. The van der Waals surface area contributed by atoms with E-state index in [1.807, 2.05) is 18.7 Å². The van der Waals surface area contributed by atoms with Gasteiger partial charge in [-0.1, -0.05) is 18.5 Å². The molecule has 100 valence electrons. The van der Waals surface area contributed by atoms with E-state index in [2.05, 4.69) is 12.0 Å². The minimum absolute atomic E-state index is 0.0215. The Labute approximate surface area is 121 Å². The van der Waals surface area contributed by atoms with Gasteiger partial charge in [-0.3, -0.25) is 9.48 Å². The first-order chi connectivity index (χ1) is 8.69. The Morgan fingerprint density at radius 2 is 2.22 bits per heavy atom. The Bertz CT molecular complexity index is 436. The zero-order valence-corrected chi connectivity index (χ0v) is 12.9. The molecule has 1 fully saturated rings. The number of hydrogen-bond donors (Lipinski definition) is 0. The van der Waals surface area contributed by atoms with Crippen LogP contribution in [-0.4, -0.2) is 37.6 Å². The van der Waals surface area contributed by atoms with Crippen LogP contribution in [0.4, 0.5) is 0 Å². The lowest BCUT2D eigenvalue weighted by Gasteiger charge is -2.28. The van der Waals surface area contributed by atoms with E-state index in [1.165, 1.54) is 0 Å². The normalized spacial score (nSPS) is 24.2. The first-order valence-electron chi connectivity index (χ1n) is 6.17. The third kappa shape index (κ3) is 2.73. The van der Waals surface area contributed by atoms with Crippen molar-refractivity contribution in [1.29, 1.82) is 0 Å². The lowest BCUT2D eigenvalue weighted by atomic mass is 10.1. The van der Waals surface area contributed by atoms with Crippen molar-refractivity contribution in [3.8, 4) is 0 Å². The number of aromatic nitrogens is 2. The highest BCUT2D eigenvalue weighted by Gasteiger charge is 2.34. The molecule has 0 amide bonds. The van der Waals surface area contributed by atoms with Crippen LogP contribution in [0.1, 0.15) is 30.8 Å². The third-order valence-electron chi connectivity index (χ3n) is 3.04. The van der Waals surface area contributed by atoms with Gasteiger partial charge < -0.3 is 0 Å². The fourth-order valence-electron chi connectivity index (χ4n) is 2.13. The molecule has 3 nitrogen and oxygen atoms in total. The number of carbonyl (C=O) groups excluding carboxylic acids is 1. The van der Waals surface area contributed by atoms with Gasteiger partial charge in [-0.2, -0.15) is 16.9 Å². The van der Waals surface area contributed by atoms with Crippen LogP contribution in [0.2, 0.25) is 5.02 Å². The average Bonchev–Trinajstić information content (AvgIpc) is 2.79. The summed E-state index contributed by atoms with van der Waals surface area (Å²) in [5.74, 6) is 2.31. The molecule has 1 aliphatic rings. The van der Waals surface area contributed by atoms with Crippen molar-refractivity contribution in [2.24, 2.45) is 0 Å². The summed E-state index contributed by atoms with van der Waals surface area (Å²) in [6, 6.07) is 0. The van der Waals surface area contributed by atoms with E-state index in [4.69, 9.17) is 11.6 Å². The largest absolute Gasteiger partial charge is 0.291 e. The number of Topliss-reactive ketones (excluding diaryl/α,β-unsaturated/α-hetero) is 1. The van der Waals surface area contributed by atoms with E-state index in [-0.39, 0.29) is 11.0 Å². The molecule has 1 aromatic heterocycles. The predicted molar refractivity (Wildman–Crippen MR) is 80.0 cm³/mol. The van der Waals surface area contributed by atoms with E-state index >= 15 is 0 Å². The quantitative estimate of drug-likeness (QED) is 0.799. The molecule has 0 N–H and O–H groups in total. The van der Waals surface area contributed by atoms with Gasteiger partial charge in [0, 0.05) is 23.3 Å². The molecule has 1 aromatic rings. The van der Waals surface area contributed by atoms with Crippen LogP contribution in [-0.2, 0) is 6.54 Å². The maximum Gasteiger partial charge on any atom is 0.196 e. The Kier molecular flexibility index (Phi) is 5.04. The van der Waals surface area contributed by atoms with Crippen molar-refractivity contribution in [2.75, 3.05) is 11.5 Å². The van der Waals surface area contributed by atoms with Gasteiger partial charge in [0.15, 0.2) is 5.78 Å². The number of halogens is 1. The second kappa shape index (κ2) is 6.35. The number of carbonyl (C=O) groups is 1. The van der Waals surface area contributed by atoms with Crippen LogP contribution in [0.25, 0.3) is 0 Å².